The van der Waals surface area contributed by atoms with Gasteiger partial charge in [0.15, 0.2) is 11.3 Å². The van der Waals surface area contributed by atoms with Crippen LogP contribution < -0.4 is 15.2 Å². The van der Waals surface area contributed by atoms with Crippen molar-refractivity contribution in [3.8, 4) is 11.1 Å². The Labute approximate surface area is 259 Å². The lowest BCUT2D eigenvalue weighted by Gasteiger charge is -2.30. The summed E-state index contributed by atoms with van der Waals surface area (Å²) in [7, 11) is 0. The van der Waals surface area contributed by atoms with Crippen molar-refractivity contribution in [2.24, 2.45) is 5.92 Å². The number of hydrogen-bond acceptors (Lipinski definition) is 8. The molecule has 0 bridgehead atoms. The lowest BCUT2D eigenvalue weighted by molar-refractivity contribution is -0.120. The van der Waals surface area contributed by atoms with Gasteiger partial charge in [0.05, 0.1) is 38.4 Å². The molecule has 0 N–H and O–H groups in total. The first-order chi connectivity index (χ1) is 21.6. The van der Waals surface area contributed by atoms with Crippen molar-refractivity contribution >= 4 is 60.0 Å². The van der Waals surface area contributed by atoms with Gasteiger partial charge in [-0.2, -0.15) is 0 Å². The molecule has 3 fully saturated rings. The van der Waals surface area contributed by atoms with Crippen LogP contribution in [0.25, 0.3) is 42.3 Å². The van der Waals surface area contributed by atoms with Crippen LogP contribution in [0.2, 0.25) is 0 Å². The number of anilines is 2. The van der Waals surface area contributed by atoms with Crippen LogP contribution >= 0.6 is 11.3 Å². The van der Waals surface area contributed by atoms with Crippen molar-refractivity contribution in [1.29, 1.82) is 0 Å². The van der Waals surface area contributed by atoms with E-state index in [1.165, 1.54) is 17.5 Å². The van der Waals surface area contributed by atoms with E-state index in [0.29, 0.717) is 68.8 Å². The molecule has 0 radical (unpaired) electrons. The quantitative estimate of drug-likeness (QED) is 0.233. The van der Waals surface area contributed by atoms with Crippen molar-refractivity contribution in [2.45, 2.75) is 12.8 Å². The number of fused-ring (bicyclic) bond motifs is 4. The lowest BCUT2D eigenvalue weighted by atomic mass is 10.0. The van der Waals surface area contributed by atoms with Crippen LogP contribution in [0, 0.1) is 5.92 Å². The Kier molecular flexibility index (Phi) is 7.34. The number of amides is 1. The zero-order chi connectivity index (χ0) is 29.6. The summed E-state index contributed by atoms with van der Waals surface area (Å²) in [5.41, 5.74) is 3.47. The van der Waals surface area contributed by atoms with Gasteiger partial charge in [0, 0.05) is 75.8 Å². The highest BCUT2D eigenvalue weighted by molar-refractivity contribution is 7.26. The van der Waals surface area contributed by atoms with Crippen LogP contribution in [-0.4, -0.2) is 76.5 Å². The molecule has 8 rings (SSSR count). The second-order valence-corrected chi connectivity index (χ2v) is 13.1. The Morgan fingerprint density at radius 1 is 0.841 bits per heavy atom. The second kappa shape index (κ2) is 11.6. The maximum atomic E-state index is 13.6. The fraction of sp³-hybridized carbons (Fsp3) is 0.371. The number of para-hydroxylation sites is 1. The third-order valence-electron chi connectivity index (χ3n) is 9.05. The highest BCUT2D eigenvalue weighted by Gasteiger charge is 2.29. The Bertz CT molecular complexity index is 1920. The van der Waals surface area contributed by atoms with Gasteiger partial charge >= 0.3 is 0 Å². The van der Waals surface area contributed by atoms with Crippen LogP contribution in [0.15, 0.2) is 69.9 Å². The molecule has 1 amide bonds. The Morgan fingerprint density at radius 2 is 1.57 bits per heavy atom. The average molecular weight is 610 g/mol. The zero-order valence-corrected chi connectivity index (χ0v) is 25.4. The van der Waals surface area contributed by atoms with Gasteiger partial charge in [-0.25, -0.2) is 0 Å². The first-order valence-corrected chi connectivity index (χ1v) is 16.4. The van der Waals surface area contributed by atoms with Gasteiger partial charge in [-0.05, 0) is 43.0 Å². The minimum Gasteiger partial charge on any atom is -0.440 e. The summed E-state index contributed by atoms with van der Waals surface area (Å²) < 4.78 is 19.8. The van der Waals surface area contributed by atoms with Crippen LogP contribution in [0.3, 0.4) is 0 Å². The van der Waals surface area contributed by atoms with Gasteiger partial charge in [-0.1, -0.05) is 30.3 Å². The molecule has 1 saturated carbocycles. The van der Waals surface area contributed by atoms with Crippen molar-refractivity contribution in [3.63, 3.8) is 0 Å². The van der Waals surface area contributed by atoms with E-state index < -0.39 is 0 Å². The van der Waals surface area contributed by atoms with Gasteiger partial charge < -0.3 is 23.7 Å². The summed E-state index contributed by atoms with van der Waals surface area (Å²) in [6, 6.07) is 20.2. The van der Waals surface area contributed by atoms with Crippen molar-refractivity contribution in [3.05, 3.63) is 70.9 Å². The molecule has 2 aromatic heterocycles. The van der Waals surface area contributed by atoms with E-state index in [1.54, 1.807) is 17.4 Å². The molecule has 0 unspecified atom stereocenters. The molecule has 0 atom stereocenters. The number of carbonyl (C=O) groups excluding carboxylic acids is 1. The number of benzene rings is 3. The van der Waals surface area contributed by atoms with E-state index in [4.69, 9.17) is 13.9 Å². The average Bonchev–Trinajstić information content (AvgIpc) is 3.81. The van der Waals surface area contributed by atoms with Crippen molar-refractivity contribution < 1.29 is 18.7 Å². The monoisotopic (exact) mass is 609 g/mol. The van der Waals surface area contributed by atoms with Gasteiger partial charge in [-0.3, -0.25) is 14.5 Å². The van der Waals surface area contributed by atoms with Gasteiger partial charge in [-0.15, -0.1) is 11.3 Å². The molecule has 44 heavy (non-hydrogen) atoms. The van der Waals surface area contributed by atoms with Gasteiger partial charge in [0.1, 0.15) is 5.58 Å². The van der Waals surface area contributed by atoms with Crippen LogP contribution in [0.5, 0.6) is 0 Å². The molecule has 4 heterocycles. The highest BCUT2D eigenvalue weighted by atomic mass is 32.1. The first-order valence-electron chi connectivity index (χ1n) is 15.6. The standard InChI is InChI=1S/C35H35N3O5S/c39-30-20-33(37-13-17-42-18-14-37)43-34-25(3-1-6-28(30)34)26-4-2-5-27-29-19-24(9-10-31(29)44-35(26)27)38(21-23-7-8-23)32(40)22-36-11-15-41-16-12-36/h1-6,9-10,19-20,23H,7-8,11-18,21-22H2. The smallest absolute Gasteiger partial charge is 0.241 e. The third kappa shape index (κ3) is 5.28. The molecule has 3 aliphatic rings. The zero-order valence-electron chi connectivity index (χ0n) is 24.6. The van der Waals surface area contributed by atoms with Crippen LogP contribution in [0.4, 0.5) is 11.6 Å². The fourth-order valence-corrected chi connectivity index (χ4v) is 7.64. The largest absolute Gasteiger partial charge is 0.440 e. The second-order valence-electron chi connectivity index (χ2n) is 12.0. The maximum absolute atomic E-state index is 13.6. The summed E-state index contributed by atoms with van der Waals surface area (Å²) in [4.78, 5) is 33.2. The van der Waals surface area contributed by atoms with E-state index in [2.05, 4.69) is 46.2 Å². The topological polar surface area (TPSA) is 75.5 Å². The number of nitrogens with zero attached hydrogens (tertiary/aromatic N) is 3. The Balaban J connectivity index is 1.20. The van der Waals surface area contributed by atoms with Gasteiger partial charge in [0.25, 0.3) is 0 Å². The fourth-order valence-electron chi connectivity index (χ4n) is 6.43. The molecule has 3 aromatic carbocycles. The Hall–Kier alpha value is -3.76. The first kappa shape index (κ1) is 27.8. The number of thiophene rings is 1. The number of morpholine rings is 2. The van der Waals surface area contributed by atoms with E-state index in [9.17, 15) is 9.59 Å². The SMILES string of the molecule is O=C(CN1CCOCC1)N(CC1CC1)c1ccc2sc3c(-c4cccc5c(=O)cc(N6CCOCC6)oc45)cccc3c2c1. The molecular weight excluding hydrogens is 574 g/mol. The predicted octanol–water partition coefficient (Wildman–Crippen LogP) is 5.74. The molecule has 0 spiro atoms. The summed E-state index contributed by atoms with van der Waals surface area (Å²) >= 11 is 1.74. The minimum atomic E-state index is -0.0414. The summed E-state index contributed by atoms with van der Waals surface area (Å²) in [6.07, 6.45) is 2.37. The maximum Gasteiger partial charge on any atom is 0.241 e. The number of rotatable bonds is 7. The van der Waals surface area contributed by atoms with Gasteiger partial charge in [0.2, 0.25) is 5.91 Å². The minimum absolute atomic E-state index is 0.0414. The lowest BCUT2D eigenvalue weighted by Crippen LogP contribution is -2.45. The third-order valence-corrected chi connectivity index (χ3v) is 10.3. The normalized spacial score (nSPS) is 18.0. The van der Waals surface area contributed by atoms with Crippen LogP contribution in [-0.2, 0) is 14.3 Å². The Morgan fingerprint density at radius 3 is 2.34 bits per heavy atom. The summed E-state index contributed by atoms with van der Waals surface area (Å²) in [6.45, 7) is 6.75. The predicted molar refractivity (Wildman–Crippen MR) is 176 cm³/mol. The van der Waals surface area contributed by atoms with E-state index in [0.717, 1.165) is 51.9 Å². The van der Waals surface area contributed by atoms with Crippen LogP contribution in [0.1, 0.15) is 12.8 Å². The van der Waals surface area contributed by atoms with E-state index in [1.807, 2.05) is 23.1 Å². The molecule has 226 valence electrons. The number of hydrogen-bond donors (Lipinski definition) is 0. The summed E-state index contributed by atoms with van der Waals surface area (Å²) in [5.74, 6) is 1.32. The summed E-state index contributed by atoms with van der Waals surface area (Å²) in [5, 5.41) is 2.86. The molecular formula is C35H35N3O5S. The molecule has 5 aromatic rings. The molecule has 2 aliphatic heterocycles. The van der Waals surface area contributed by atoms with Crippen molar-refractivity contribution in [1.82, 2.24) is 4.90 Å². The molecule has 9 heteroatoms. The van der Waals surface area contributed by atoms with E-state index in [-0.39, 0.29) is 11.3 Å². The van der Waals surface area contributed by atoms with Crippen molar-refractivity contribution in [2.75, 3.05) is 75.5 Å². The highest BCUT2D eigenvalue weighted by Crippen LogP contribution is 2.43. The number of carbonyl (C=O) groups is 1. The molecule has 2 saturated heterocycles. The molecule has 8 nitrogen and oxygen atoms in total. The van der Waals surface area contributed by atoms with E-state index >= 15 is 0 Å². The molecule has 1 aliphatic carbocycles. The number of ether oxygens (including phenoxy) is 2.